The van der Waals surface area contributed by atoms with Gasteiger partial charge >= 0.3 is 6.18 Å². The smallest absolute Gasteiger partial charge is 0.395 e. The van der Waals surface area contributed by atoms with Crippen molar-refractivity contribution < 1.29 is 22.0 Å². The van der Waals surface area contributed by atoms with E-state index in [4.69, 9.17) is 11.6 Å². The molecule has 1 aliphatic rings. The average molecular weight is 515 g/mol. The summed E-state index contributed by atoms with van der Waals surface area (Å²) in [5, 5.41) is 4.73. The van der Waals surface area contributed by atoms with Crippen LogP contribution in [0.15, 0.2) is 34.9 Å². The fourth-order valence-electron chi connectivity index (χ4n) is 4.75. The third kappa shape index (κ3) is 6.03. The Bertz CT molecular complexity index is 1140. The number of nitrogens with zero attached hydrogens (tertiary/aromatic N) is 4. The summed E-state index contributed by atoms with van der Waals surface area (Å²) in [5.41, 5.74) is 2.94. The number of nitrogens with two attached hydrogens (primary N) is 2. The Hall–Kier alpha value is -3.02. The summed E-state index contributed by atoms with van der Waals surface area (Å²) in [7, 11) is 1.18. The average Bonchev–Trinajstić information content (AvgIpc) is 2.79. The van der Waals surface area contributed by atoms with Crippen LogP contribution in [0.4, 0.5) is 22.0 Å². The number of hydrogen-bond acceptors (Lipinski definition) is 6. The van der Waals surface area contributed by atoms with E-state index in [1.165, 1.54) is 19.3 Å². The standard InChI is InChI=1S/C24H31F5N6O/c1-13(2)14-6-8-15(9-7-14)16-11-18(20(30)21(22(25)26)34(3)31)33-35(23(16)36)12-19-17(24(27,28)29)5-4-10-32-19/h4-5,10-11,13-15,22H,6-9,12,30-31H2,1-3H3/b21-20-. The van der Waals surface area contributed by atoms with Gasteiger partial charge in [-0.15, -0.1) is 0 Å². The van der Waals surface area contributed by atoms with Crippen molar-refractivity contribution in [3.05, 3.63) is 63.0 Å². The Labute approximate surface area is 206 Å². The van der Waals surface area contributed by atoms with Gasteiger partial charge in [-0.2, -0.15) is 18.3 Å². The molecule has 0 aromatic carbocycles. The third-order valence-electron chi connectivity index (χ3n) is 6.79. The van der Waals surface area contributed by atoms with Crippen molar-refractivity contribution in [1.29, 1.82) is 0 Å². The first kappa shape index (κ1) is 27.6. The van der Waals surface area contributed by atoms with Crippen molar-refractivity contribution in [1.82, 2.24) is 19.8 Å². The summed E-state index contributed by atoms with van der Waals surface area (Å²) in [6.07, 6.45) is -3.46. The van der Waals surface area contributed by atoms with Crippen molar-refractivity contribution in [3.8, 4) is 0 Å². The molecule has 2 aromatic heterocycles. The number of rotatable bonds is 7. The lowest BCUT2D eigenvalue weighted by Crippen LogP contribution is -2.34. The highest BCUT2D eigenvalue weighted by molar-refractivity contribution is 5.63. The largest absolute Gasteiger partial charge is 0.418 e. The van der Waals surface area contributed by atoms with Gasteiger partial charge in [-0.1, -0.05) is 13.8 Å². The van der Waals surface area contributed by atoms with Crippen LogP contribution < -0.4 is 17.1 Å². The summed E-state index contributed by atoms with van der Waals surface area (Å²) < 4.78 is 68.8. The normalized spacial score (nSPS) is 19.5. The Kier molecular flexibility index (Phi) is 8.37. The van der Waals surface area contributed by atoms with Gasteiger partial charge in [-0.05, 0) is 61.6 Å². The van der Waals surface area contributed by atoms with E-state index in [0.717, 1.165) is 29.7 Å². The Morgan fingerprint density at radius 2 is 1.86 bits per heavy atom. The van der Waals surface area contributed by atoms with Gasteiger partial charge in [0, 0.05) is 18.8 Å². The van der Waals surface area contributed by atoms with Crippen LogP contribution in [0.3, 0.4) is 0 Å². The topological polar surface area (TPSA) is 103 Å². The molecule has 0 bridgehead atoms. The lowest BCUT2D eigenvalue weighted by Gasteiger charge is -2.31. The maximum Gasteiger partial charge on any atom is 0.418 e. The molecule has 1 fully saturated rings. The number of pyridine rings is 1. The second-order valence-electron chi connectivity index (χ2n) is 9.51. The van der Waals surface area contributed by atoms with Crippen LogP contribution in [0.1, 0.15) is 68.0 Å². The summed E-state index contributed by atoms with van der Waals surface area (Å²) in [4.78, 5) is 17.2. The van der Waals surface area contributed by atoms with E-state index in [2.05, 4.69) is 23.9 Å². The molecule has 0 radical (unpaired) electrons. The van der Waals surface area contributed by atoms with E-state index < -0.39 is 47.4 Å². The highest BCUT2D eigenvalue weighted by Gasteiger charge is 2.34. The van der Waals surface area contributed by atoms with Crippen LogP contribution in [0.25, 0.3) is 5.70 Å². The molecule has 0 atom stereocenters. The monoisotopic (exact) mass is 514 g/mol. The summed E-state index contributed by atoms with van der Waals surface area (Å²) in [6.45, 7) is 3.66. The van der Waals surface area contributed by atoms with Gasteiger partial charge in [0.25, 0.3) is 12.0 Å². The van der Waals surface area contributed by atoms with Gasteiger partial charge in [0.05, 0.1) is 23.5 Å². The molecule has 4 N–H and O–H groups in total. The molecule has 2 aromatic rings. The summed E-state index contributed by atoms with van der Waals surface area (Å²) in [5.74, 6) is 6.31. The number of halogens is 5. The zero-order chi connectivity index (χ0) is 26.8. The van der Waals surface area contributed by atoms with Gasteiger partial charge in [-0.3, -0.25) is 9.78 Å². The van der Waals surface area contributed by atoms with E-state index in [9.17, 15) is 26.7 Å². The first-order chi connectivity index (χ1) is 16.8. The minimum Gasteiger partial charge on any atom is -0.395 e. The molecule has 198 valence electrons. The first-order valence-electron chi connectivity index (χ1n) is 11.7. The predicted molar refractivity (Wildman–Crippen MR) is 125 cm³/mol. The summed E-state index contributed by atoms with van der Waals surface area (Å²) >= 11 is 0. The predicted octanol–water partition coefficient (Wildman–Crippen LogP) is 4.33. The van der Waals surface area contributed by atoms with Gasteiger partial charge < -0.3 is 10.7 Å². The number of hydrogen-bond donors (Lipinski definition) is 2. The molecular weight excluding hydrogens is 483 g/mol. The lowest BCUT2D eigenvalue weighted by molar-refractivity contribution is -0.138. The lowest BCUT2D eigenvalue weighted by atomic mass is 9.75. The molecule has 0 spiro atoms. The zero-order valence-corrected chi connectivity index (χ0v) is 20.4. The molecule has 0 amide bonds. The molecule has 12 heteroatoms. The highest BCUT2D eigenvalue weighted by atomic mass is 19.4. The quantitative estimate of drug-likeness (QED) is 0.324. The Balaban J connectivity index is 2.15. The van der Waals surface area contributed by atoms with Crippen LogP contribution in [-0.2, 0) is 12.7 Å². The molecule has 36 heavy (non-hydrogen) atoms. The maximum atomic E-state index is 13.7. The van der Waals surface area contributed by atoms with Crippen LogP contribution in [0.5, 0.6) is 0 Å². The van der Waals surface area contributed by atoms with Crippen molar-refractivity contribution in [2.45, 2.75) is 64.6 Å². The van der Waals surface area contributed by atoms with E-state index in [0.29, 0.717) is 29.7 Å². The molecule has 0 aliphatic heterocycles. The van der Waals surface area contributed by atoms with Gasteiger partial charge in [0.2, 0.25) is 0 Å². The Morgan fingerprint density at radius 3 is 2.39 bits per heavy atom. The van der Waals surface area contributed by atoms with Gasteiger partial charge in [0.15, 0.2) is 0 Å². The van der Waals surface area contributed by atoms with E-state index in [1.807, 2.05) is 0 Å². The Morgan fingerprint density at radius 1 is 1.22 bits per heavy atom. The number of hydrazine groups is 1. The molecule has 2 heterocycles. The molecule has 7 nitrogen and oxygen atoms in total. The van der Waals surface area contributed by atoms with Crippen LogP contribution in [0.2, 0.25) is 0 Å². The van der Waals surface area contributed by atoms with Gasteiger partial charge in [0.1, 0.15) is 11.4 Å². The number of alkyl halides is 5. The van der Waals surface area contributed by atoms with Crippen molar-refractivity contribution in [2.24, 2.45) is 23.4 Å². The minimum absolute atomic E-state index is 0.160. The fraction of sp³-hybridized carbons (Fsp3) is 0.542. The van der Waals surface area contributed by atoms with Crippen molar-refractivity contribution in [3.63, 3.8) is 0 Å². The second-order valence-corrected chi connectivity index (χ2v) is 9.51. The number of aromatic nitrogens is 3. The van der Waals surface area contributed by atoms with Crippen LogP contribution >= 0.6 is 0 Å². The first-order valence-corrected chi connectivity index (χ1v) is 11.7. The minimum atomic E-state index is -4.70. The van der Waals surface area contributed by atoms with E-state index in [-0.39, 0.29) is 17.2 Å². The number of allylic oxidation sites excluding steroid dienone is 1. The molecule has 1 saturated carbocycles. The SMILES string of the molecule is CC(C)C1CCC(c2cc(/C(N)=C(\C(F)F)N(C)N)nn(Cc3ncccc3C(F)(F)F)c2=O)CC1. The van der Waals surface area contributed by atoms with Crippen LogP contribution in [0, 0.1) is 11.8 Å². The van der Waals surface area contributed by atoms with Crippen molar-refractivity contribution >= 4 is 5.70 Å². The molecular formula is C24H31F5N6O. The highest BCUT2D eigenvalue weighted by Crippen LogP contribution is 2.38. The third-order valence-corrected chi connectivity index (χ3v) is 6.79. The molecule has 1 aliphatic carbocycles. The van der Waals surface area contributed by atoms with Crippen molar-refractivity contribution in [2.75, 3.05) is 7.05 Å². The van der Waals surface area contributed by atoms with E-state index >= 15 is 0 Å². The van der Waals surface area contributed by atoms with Crippen LogP contribution in [-0.4, -0.2) is 33.2 Å². The second kappa shape index (κ2) is 10.9. The summed E-state index contributed by atoms with van der Waals surface area (Å²) in [6, 6.07) is 3.37. The molecule has 3 rings (SSSR count). The molecule has 0 unspecified atom stereocenters. The molecule has 0 saturated heterocycles. The fourth-order valence-corrected chi connectivity index (χ4v) is 4.75. The van der Waals surface area contributed by atoms with E-state index in [1.54, 1.807) is 0 Å². The zero-order valence-electron chi connectivity index (χ0n) is 20.4. The van der Waals surface area contributed by atoms with Gasteiger partial charge in [-0.25, -0.2) is 19.3 Å². The maximum absolute atomic E-state index is 13.7.